The van der Waals surface area contributed by atoms with Crippen LogP contribution in [0.15, 0.2) is 11.6 Å². The van der Waals surface area contributed by atoms with Gasteiger partial charge in [-0.15, -0.1) is 0 Å². The Hall–Kier alpha value is -0.790. The smallest absolute Gasteiger partial charge is 0.223 e. The molecule has 0 spiro atoms. The predicted molar refractivity (Wildman–Crippen MR) is 52.1 cm³/mol. The minimum atomic E-state index is 0.274. The Balaban J connectivity index is 2.12. The predicted octanol–water partition coefficient (Wildman–Crippen LogP) is 1.72. The van der Waals surface area contributed by atoms with E-state index in [1.54, 1.807) is 0 Å². The van der Waals surface area contributed by atoms with Gasteiger partial charge in [-0.05, 0) is 24.7 Å². The van der Waals surface area contributed by atoms with Gasteiger partial charge >= 0.3 is 0 Å². The van der Waals surface area contributed by atoms with Crippen LogP contribution in [0.2, 0.25) is 0 Å². The zero-order valence-corrected chi connectivity index (χ0v) is 8.34. The van der Waals surface area contributed by atoms with Gasteiger partial charge in [-0.3, -0.25) is 4.79 Å². The van der Waals surface area contributed by atoms with Gasteiger partial charge in [0.05, 0.1) is 0 Å². The number of fused-ring (bicyclic) bond motifs is 1. The molecule has 1 N–H and O–H groups in total. The van der Waals surface area contributed by atoms with Crippen LogP contribution in [0.25, 0.3) is 0 Å². The van der Waals surface area contributed by atoms with Gasteiger partial charge in [0.15, 0.2) is 0 Å². The molecule has 13 heavy (non-hydrogen) atoms. The zero-order valence-electron chi connectivity index (χ0n) is 8.34. The molecule has 0 radical (unpaired) electrons. The minimum absolute atomic E-state index is 0.274. The van der Waals surface area contributed by atoms with E-state index in [0.717, 1.165) is 19.4 Å². The molecule has 1 aliphatic heterocycles. The van der Waals surface area contributed by atoms with Crippen molar-refractivity contribution < 1.29 is 4.79 Å². The van der Waals surface area contributed by atoms with Gasteiger partial charge < -0.3 is 5.32 Å². The average molecular weight is 179 g/mol. The van der Waals surface area contributed by atoms with E-state index in [-0.39, 0.29) is 11.8 Å². The molecule has 2 atom stereocenters. The Morgan fingerprint density at radius 3 is 3.00 bits per heavy atom. The standard InChI is InChI=1S/C11H17NO/c1-7(2)8-3-4-9-6-12-11(13)10(9)5-8/h3,7,9-10H,4-6H2,1-2H3,(H,12,13). The van der Waals surface area contributed by atoms with Gasteiger partial charge in [0, 0.05) is 12.5 Å². The first-order valence-corrected chi connectivity index (χ1v) is 5.15. The number of hydrogen-bond donors (Lipinski definition) is 1. The van der Waals surface area contributed by atoms with Crippen molar-refractivity contribution in [2.75, 3.05) is 6.54 Å². The Labute approximate surface area is 79.4 Å². The maximum atomic E-state index is 11.4. The molecule has 1 heterocycles. The molecule has 1 fully saturated rings. The fraction of sp³-hybridized carbons (Fsp3) is 0.727. The molecule has 0 aromatic heterocycles. The quantitative estimate of drug-likeness (QED) is 0.610. The highest BCUT2D eigenvalue weighted by molar-refractivity contribution is 5.81. The Morgan fingerprint density at radius 2 is 2.31 bits per heavy atom. The van der Waals surface area contributed by atoms with Crippen molar-refractivity contribution >= 4 is 5.91 Å². The third-order valence-electron chi connectivity index (χ3n) is 3.32. The first kappa shape index (κ1) is 8.79. The molecule has 2 rings (SSSR count). The van der Waals surface area contributed by atoms with Crippen molar-refractivity contribution in [2.24, 2.45) is 17.8 Å². The van der Waals surface area contributed by atoms with Gasteiger partial charge in [0.2, 0.25) is 5.91 Å². The molecule has 0 saturated carbocycles. The fourth-order valence-electron chi connectivity index (χ4n) is 2.34. The first-order valence-electron chi connectivity index (χ1n) is 5.15. The number of carbonyl (C=O) groups excluding carboxylic acids is 1. The lowest BCUT2D eigenvalue weighted by atomic mass is 9.78. The minimum Gasteiger partial charge on any atom is -0.356 e. The average Bonchev–Trinajstić information content (AvgIpc) is 2.47. The van der Waals surface area contributed by atoms with Crippen LogP contribution in [-0.2, 0) is 4.79 Å². The van der Waals surface area contributed by atoms with E-state index in [1.165, 1.54) is 5.57 Å². The van der Waals surface area contributed by atoms with Gasteiger partial charge in [-0.1, -0.05) is 25.5 Å². The summed E-state index contributed by atoms with van der Waals surface area (Å²) < 4.78 is 0. The van der Waals surface area contributed by atoms with E-state index >= 15 is 0 Å². The Morgan fingerprint density at radius 1 is 1.54 bits per heavy atom. The number of hydrogen-bond acceptors (Lipinski definition) is 1. The van der Waals surface area contributed by atoms with Crippen molar-refractivity contribution in [3.63, 3.8) is 0 Å². The fourth-order valence-corrected chi connectivity index (χ4v) is 2.34. The summed E-state index contributed by atoms with van der Waals surface area (Å²) >= 11 is 0. The molecular formula is C11H17NO. The van der Waals surface area contributed by atoms with E-state index in [4.69, 9.17) is 0 Å². The van der Waals surface area contributed by atoms with E-state index in [1.807, 2.05) is 0 Å². The summed E-state index contributed by atoms with van der Waals surface area (Å²) in [6, 6.07) is 0. The van der Waals surface area contributed by atoms with E-state index < -0.39 is 0 Å². The molecular weight excluding hydrogens is 162 g/mol. The second-order valence-corrected chi connectivity index (χ2v) is 4.49. The van der Waals surface area contributed by atoms with Crippen molar-refractivity contribution in [3.05, 3.63) is 11.6 Å². The summed E-state index contributed by atoms with van der Waals surface area (Å²) in [6.45, 7) is 5.31. The van der Waals surface area contributed by atoms with Gasteiger partial charge in [-0.25, -0.2) is 0 Å². The van der Waals surface area contributed by atoms with Crippen LogP contribution in [0.1, 0.15) is 26.7 Å². The van der Waals surface area contributed by atoms with Crippen molar-refractivity contribution in [2.45, 2.75) is 26.7 Å². The summed E-state index contributed by atoms with van der Waals surface area (Å²) in [6.07, 6.45) is 4.43. The topological polar surface area (TPSA) is 29.1 Å². The maximum absolute atomic E-state index is 11.4. The third-order valence-corrected chi connectivity index (χ3v) is 3.32. The summed E-state index contributed by atoms with van der Waals surface area (Å²) in [5.74, 6) is 1.74. The summed E-state index contributed by atoms with van der Waals surface area (Å²) in [7, 11) is 0. The molecule has 72 valence electrons. The van der Waals surface area contributed by atoms with Crippen LogP contribution in [-0.4, -0.2) is 12.5 Å². The van der Waals surface area contributed by atoms with Crippen LogP contribution in [0.3, 0.4) is 0 Å². The van der Waals surface area contributed by atoms with Crippen LogP contribution in [0, 0.1) is 17.8 Å². The summed E-state index contributed by atoms with van der Waals surface area (Å²) in [5, 5.41) is 2.95. The van der Waals surface area contributed by atoms with Gasteiger partial charge in [-0.2, -0.15) is 0 Å². The van der Waals surface area contributed by atoms with Gasteiger partial charge in [0.1, 0.15) is 0 Å². The summed E-state index contributed by atoms with van der Waals surface area (Å²) in [5.41, 5.74) is 1.47. The van der Waals surface area contributed by atoms with Crippen LogP contribution < -0.4 is 5.32 Å². The molecule has 0 bridgehead atoms. The lowest BCUT2D eigenvalue weighted by Crippen LogP contribution is -2.23. The SMILES string of the molecule is CC(C)C1=CCC2CNC(=O)C2C1. The highest BCUT2D eigenvalue weighted by Gasteiger charge is 2.36. The molecule has 0 aromatic carbocycles. The molecule has 2 nitrogen and oxygen atoms in total. The normalized spacial score (nSPS) is 32.8. The maximum Gasteiger partial charge on any atom is 0.223 e. The van der Waals surface area contributed by atoms with E-state index in [0.29, 0.717) is 11.8 Å². The second kappa shape index (κ2) is 3.17. The van der Waals surface area contributed by atoms with Crippen LogP contribution >= 0.6 is 0 Å². The third kappa shape index (κ3) is 1.50. The van der Waals surface area contributed by atoms with Crippen molar-refractivity contribution in [1.82, 2.24) is 5.32 Å². The first-order chi connectivity index (χ1) is 6.18. The Kier molecular flexibility index (Phi) is 2.14. The van der Waals surface area contributed by atoms with Gasteiger partial charge in [0.25, 0.3) is 0 Å². The molecule has 2 unspecified atom stereocenters. The molecule has 1 amide bonds. The number of nitrogens with one attached hydrogen (secondary N) is 1. The van der Waals surface area contributed by atoms with E-state index in [2.05, 4.69) is 25.2 Å². The zero-order chi connectivity index (χ0) is 9.42. The largest absolute Gasteiger partial charge is 0.356 e. The van der Waals surface area contributed by atoms with Crippen LogP contribution in [0.4, 0.5) is 0 Å². The number of carbonyl (C=O) groups is 1. The second-order valence-electron chi connectivity index (χ2n) is 4.49. The lowest BCUT2D eigenvalue weighted by molar-refractivity contribution is -0.123. The number of rotatable bonds is 1. The molecule has 1 aliphatic carbocycles. The highest BCUT2D eigenvalue weighted by atomic mass is 16.2. The van der Waals surface area contributed by atoms with Crippen LogP contribution in [0.5, 0.6) is 0 Å². The highest BCUT2D eigenvalue weighted by Crippen LogP contribution is 2.35. The lowest BCUT2D eigenvalue weighted by Gasteiger charge is -2.24. The molecule has 1 saturated heterocycles. The van der Waals surface area contributed by atoms with E-state index in [9.17, 15) is 4.79 Å². The summed E-state index contributed by atoms with van der Waals surface area (Å²) in [4.78, 5) is 11.4. The van der Waals surface area contributed by atoms with Crippen molar-refractivity contribution in [3.8, 4) is 0 Å². The molecule has 0 aromatic rings. The number of amides is 1. The molecule has 2 heteroatoms. The monoisotopic (exact) mass is 179 g/mol. The molecule has 2 aliphatic rings. The number of allylic oxidation sites excluding steroid dienone is 2. The van der Waals surface area contributed by atoms with Crippen molar-refractivity contribution in [1.29, 1.82) is 0 Å². The Bertz CT molecular complexity index is 255.